The zero-order valence-corrected chi connectivity index (χ0v) is 19.3. The van der Waals surface area contributed by atoms with Gasteiger partial charge in [0.1, 0.15) is 0 Å². The molecule has 0 aliphatic heterocycles. The van der Waals surface area contributed by atoms with E-state index in [2.05, 4.69) is 97.1 Å². The number of thiophene rings is 2. The van der Waals surface area contributed by atoms with Crippen LogP contribution in [0.4, 0.5) is 0 Å². The van der Waals surface area contributed by atoms with Gasteiger partial charge >= 0.3 is 0 Å². The Bertz CT molecular complexity index is 1110. The highest BCUT2D eigenvalue weighted by molar-refractivity contribution is 7.81. The van der Waals surface area contributed by atoms with Crippen LogP contribution in [0.1, 0.15) is 9.75 Å². The van der Waals surface area contributed by atoms with Gasteiger partial charge in [-0.05, 0) is 35.4 Å². The minimum atomic E-state index is 0.253. The second kappa shape index (κ2) is 8.48. The fourth-order valence-corrected chi connectivity index (χ4v) is 6.29. The summed E-state index contributed by atoms with van der Waals surface area (Å²) >= 11 is 14.9. The molecule has 0 saturated heterocycles. The number of rotatable bonds is 6. The van der Waals surface area contributed by atoms with Crippen LogP contribution in [0, 0.1) is 11.8 Å². The van der Waals surface area contributed by atoms with Gasteiger partial charge in [-0.1, -0.05) is 97.3 Å². The Morgan fingerprint density at radius 3 is 1.27 bits per heavy atom. The van der Waals surface area contributed by atoms with Gasteiger partial charge in [0.25, 0.3) is 0 Å². The number of thiocarbonyl (C=S) groups is 2. The van der Waals surface area contributed by atoms with Gasteiger partial charge in [0.2, 0.25) is 0 Å². The minimum absolute atomic E-state index is 0.253. The van der Waals surface area contributed by atoms with Crippen LogP contribution in [0.15, 0.2) is 97.1 Å². The third kappa shape index (κ3) is 3.88. The lowest BCUT2D eigenvalue weighted by Crippen LogP contribution is -2.04. The Balaban J connectivity index is 1.33. The van der Waals surface area contributed by atoms with Gasteiger partial charge in [0.05, 0.1) is 0 Å². The van der Waals surface area contributed by atoms with Crippen LogP contribution in [0.25, 0.3) is 20.9 Å². The van der Waals surface area contributed by atoms with Crippen molar-refractivity contribution in [1.82, 2.24) is 0 Å². The molecule has 0 nitrogen and oxygen atoms in total. The number of allylic oxidation sites excluding steroid dienone is 8. The van der Waals surface area contributed by atoms with E-state index in [0.717, 1.165) is 9.73 Å². The molecule has 0 amide bonds. The van der Waals surface area contributed by atoms with Crippen molar-refractivity contribution in [2.45, 2.75) is 0 Å². The summed E-state index contributed by atoms with van der Waals surface area (Å²) in [6.07, 6.45) is 16.9. The van der Waals surface area contributed by atoms with Crippen molar-refractivity contribution in [3.8, 4) is 20.9 Å². The Labute approximate surface area is 195 Å². The molecular weight excluding hydrogens is 441 g/mol. The molecule has 5 rings (SSSR count). The number of hydrogen-bond acceptors (Lipinski definition) is 4. The van der Waals surface area contributed by atoms with Gasteiger partial charge in [-0.3, -0.25) is 0 Å². The molecule has 0 radical (unpaired) electrons. The first-order valence-corrected chi connectivity index (χ1v) is 12.2. The number of benzene rings is 1. The molecule has 0 bridgehead atoms. The predicted octanol–water partition coefficient (Wildman–Crippen LogP) is 8.06. The van der Waals surface area contributed by atoms with Crippen molar-refractivity contribution in [3.05, 3.63) is 107 Å². The summed E-state index contributed by atoms with van der Waals surface area (Å²) in [7, 11) is 0. The van der Waals surface area contributed by atoms with Gasteiger partial charge < -0.3 is 0 Å². The highest BCUT2D eigenvalue weighted by Gasteiger charge is 2.16. The summed E-state index contributed by atoms with van der Waals surface area (Å²) in [4.78, 5) is 6.85. The summed E-state index contributed by atoms with van der Waals surface area (Å²) in [5.41, 5.74) is 2.45. The molecule has 0 unspecified atom stereocenters. The Morgan fingerprint density at radius 2 is 0.900 bits per heavy atom. The molecule has 0 fully saturated rings. The molecule has 0 spiro atoms. The highest BCUT2D eigenvalue weighted by Crippen LogP contribution is 2.35. The third-order valence-electron chi connectivity index (χ3n) is 5.25. The lowest BCUT2D eigenvalue weighted by molar-refractivity contribution is 1.20. The first-order valence-electron chi connectivity index (χ1n) is 9.78. The van der Waals surface area contributed by atoms with E-state index in [0.29, 0.717) is 0 Å². The van der Waals surface area contributed by atoms with Crippen LogP contribution in [0.3, 0.4) is 0 Å². The van der Waals surface area contributed by atoms with Gasteiger partial charge in [-0.2, -0.15) is 0 Å². The smallest absolute Gasteiger partial charge is 0.0431 e. The fourth-order valence-electron chi connectivity index (χ4n) is 3.59. The summed E-state index contributed by atoms with van der Waals surface area (Å²) in [6, 6.07) is 17.4. The highest BCUT2D eigenvalue weighted by atomic mass is 32.1. The maximum atomic E-state index is 5.68. The quantitative estimate of drug-likeness (QED) is 0.271. The standard InChI is InChI=1S/C26H18S4/c27-25(19-5-1-2-6-19)23-15-13-21(29-23)17-9-11-18(12-10-17)22-14-16-24(30-22)26(28)20-7-3-4-8-20/h1-16,19-20H. The molecule has 0 atom stereocenters. The maximum absolute atomic E-state index is 5.68. The topological polar surface area (TPSA) is 0 Å². The molecule has 4 heteroatoms. The van der Waals surface area contributed by atoms with E-state index < -0.39 is 0 Å². The van der Waals surface area contributed by atoms with E-state index in [9.17, 15) is 0 Å². The first kappa shape index (κ1) is 19.7. The van der Waals surface area contributed by atoms with Crippen LogP contribution < -0.4 is 0 Å². The summed E-state index contributed by atoms with van der Waals surface area (Å²) in [5.74, 6) is 0.506. The lowest BCUT2D eigenvalue weighted by atomic mass is 10.1. The Kier molecular flexibility index (Phi) is 5.57. The van der Waals surface area contributed by atoms with Crippen LogP contribution >= 0.6 is 47.1 Å². The largest absolute Gasteiger partial charge is 0.135 e. The second-order valence-electron chi connectivity index (χ2n) is 7.22. The van der Waals surface area contributed by atoms with Crippen LogP contribution in [-0.4, -0.2) is 9.73 Å². The van der Waals surface area contributed by atoms with Crippen molar-refractivity contribution >= 4 is 56.8 Å². The Hall–Kier alpha value is -2.24. The zero-order chi connectivity index (χ0) is 20.5. The lowest BCUT2D eigenvalue weighted by Gasteiger charge is -2.05. The van der Waals surface area contributed by atoms with Crippen molar-refractivity contribution in [3.63, 3.8) is 0 Å². The molecule has 0 saturated carbocycles. The molecule has 2 aromatic heterocycles. The van der Waals surface area contributed by atoms with E-state index in [1.807, 2.05) is 0 Å². The fraction of sp³-hybridized carbons (Fsp3) is 0.0769. The normalized spacial score (nSPS) is 15.5. The van der Waals surface area contributed by atoms with Crippen molar-refractivity contribution in [2.75, 3.05) is 0 Å². The molecule has 30 heavy (non-hydrogen) atoms. The van der Waals surface area contributed by atoms with Gasteiger partial charge in [-0.15, -0.1) is 22.7 Å². The van der Waals surface area contributed by atoms with E-state index in [1.54, 1.807) is 22.7 Å². The van der Waals surface area contributed by atoms with Gasteiger partial charge in [-0.25, -0.2) is 0 Å². The van der Waals surface area contributed by atoms with E-state index >= 15 is 0 Å². The van der Waals surface area contributed by atoms with E-state index in [1.165, 1.54) is 30.6 Å². The summed E-state index contributed by atoms with van der Waals surface area (Å²) in [5, 5.41) is 0. The van der Waals surface area contributed by atoms with Gasteiger partial charge in [0, 0.05) is 41.1 Å². The molecule has 2 aliphatic carbocycles. The van der Waals surface area contributed by atoms with Crippen molar-refractivity contribution in [2.24, 2.45) is 11.8 Å². The summed E-state index contributed by atoms with van der Waals surface area (Å²) in [6.45, 7) is 0. The van der Waals surface area contributed by atoms with Crippen LogP contribution in [0.5, 0.6) is 0 Å². The SMILES string of the molecule is S=C(c1ccc(-c2ccc(-c3ccc(C(=S)C4C=CC=C4)s3)cc2)s1)C1C=CC=C1. The zero-order valence-electron chi connectivity index (χ0n) is 16.0. The Morgan fingerprint density at radius 1 is 0.533 bits per heavy atom. The van der Waals surface area contributed by atoms with E-state index in [4.69, 9.17) is 24.4 Å². The monoisotopic (exact) mass is 458 g/mol. The maximum Gasteiger partial charge on any atom is 0.0431 e. The molecule has 3 aromatic rings. The molecular formula is C26H18S4. The molecule has 146 valence electrons. The van der Waals surface area contributed by atoms with E-state index in [-0.39, 0.29) is 11.8 Å². The van der Waals surface area contributed by atoms with Crippen LogP contribution in [0.2, 0.25) is 0 Å². The van der Waals surface area contributed by atoms with Crippen molar-refractivity contribution < 1.29 is 0 Å². The molecule has 2 heterocycles. The van der Waals surface area contributed by atoms with Gasteiger partial charge in [0.15, 0.2) is 0 Å². The predicted molar refractivity (Wildman–Crippen MR) is 140 cm³/mol. The van der Waals surface area contributed by atoms with Crippen molar-refractivity contribution in [1.29, 1.82) is 0 Å². The van der Waals surface area contributed by atoms with Crippen LogP contribution in [-0.2, 0) is 0 Å². The molecule has 2 aliphatic rings. The summed E-state index contributed by atoms with van der Waals surface area (Å²) < 4.78 is 0. The average molecular weight is 459 g/mol. The minimum Gasteiger partial charge on any atom is -0.135 e. The number of hydrogen-bond donors (Lipinski definition) is 0. The first-order chi connectivity index (χ1) is 14.7. The molecule has 1 aromatic carbocycles. The molecule has 0 N–H and O–H groups in total. The second-order valence-corrected chi connectivity index (χ2v) is 10.3. The third-order valence-corrected chi connectivity index (χ3v) is 8.83. The average Bonchev–Trinajstić information content (AvgIpc) is 3.60.